The van der Waals surface area contributed by atoms with Crippen molar-refractivity contribution in [2.75, 3.05) is 5.75 Å². The minimum absolute atomic E-state index is 0.0264. The summed E-state index contributed by atoms with van der Waals surface area (Å²) in [4.78, 5) is 21.7. The largest absolute Gasteiger partial charge is 0.420 e. The van der Waals surface area contributed by atoms with Gasteiger partial charge >= 0.3 is 18.3 Å². The molecule has 0 aliphatic heterocycles. The molecule has 3 aromatic rings. The third-order valence-electron chi connectivity index (χ3n) is 4.67. The molecule has 3 nitrogen and oxygen atoms in total. The van der Waals surface area contributed by atoms with Crippen molar-refractivity contribution in [2.45, 2.75) is 49.9 Å². The molecule has 0 unspecified atom stereocenters. The predicted molar refractivity (Wildman–Crippen MR) is 119 cm³/mol. The molecule has 0 fully saturated rings. The summed E-state index contributed by atoms with van der Waals surface area (Å²) in [5.41, 5.74) is -1.75. The zero-order valence-electron chi connectivity index (χ0n) is 17.9. The summed E-state index contributed by atoms with van der Waals surface area (Å²) < 4.78 is 79.4. The van der Waals surface area contributed by atoms with Crippen LogP contribution in [0.5, 0.6) is 5.75 Å². The maximum Gasteiger partial charge on any atom is 0.420 e. The fourth-order valence-electron chi connectivity index (χ4n) is 3.05. The maximum atomic E-state index is 13.4. The average molecular weight is 523 g/mol. The SMILES string of the molecule is CCCC(=O)OOc1ccc(SCCCc2cc3ccc(C(F)(F)F)cc3s2)cc1C(F)(F)F. The first-order chi connectivity index (χ1) is 16.0. The summed E-state index contributed by atoms with van der Waals surface area (Å²) in [6.45, 7) is 1.72. The highest BCUT2D eigenvalue weighted by Crippen LogP contribution is 2.39. The molecule has 2 aromatic carbocycles. The van der Waals surface area contributed by atoms with Gasteiger partial charge in [0, 0.05) is 20.9 Å². The Morgan fingerprint density at radius 3 is 2.44 bits per heavy atom. The lowest BCUT2D eigenvalue weighted by Crippen LogP contribution is -2.12. The maximum absolute atomic E-state index is 13.4. The van der Waals surface area contributed by atoms with E-state index in [2.05, 4.69) is 9.78 Å². The first kappa shape index (κ1) is 26.2. The Balaban J connectivity index is 1.59. The van der Waals surface area contributed by atoms with E-state index in [4.69, 9.17) is 0 Å². The van der Waals surface area contributed by atoms with Gasteiger partial charge < -0.3 is 0 Å². The van der Waals surface area contributed by atoms with E-state index in [0.29, 0.717) is 34.6 Å². The van der Waals surface area contributed by atoms with Crippen LogP contribution in [0.3, 0.4) is 0 Å². The topological polar surface area (TPSA) is 35.5 Å². The quantitative estimate of drug-likeness (QED) is 0.0931. The molecular weight excluding hydrogens is 502 g/mol. The van der Waals surface area contributed by atoms with Crippen LogP contribution in [0.1, 0.15) is 42.2 Å². The number of carbonyl (C=O) groups excluding carboxylic acids is 1. The third kappa shape index (κ3) is 7.05. The van der Waals surface area contributed by atoms with E-state index in [1.54, 1.807) is 6.92 Å². The lowest BCUT2D eigenvalue weighted by molar-refractivity contribution is -0.217. The van der Waals surface area contributed by atoms with Crippen molar-refractivity contribution in [2.24, 2.45) is 0 Å². The number of aryl methyl sites for hydroxylation is 1. The molecular formula is C23H20F6O3S2. The molecule has 0 saturated carbocycles. The summed E-state index contributed by atoms with van der Waals surface area (Å²) in [5, 5.41) is 0.727. The molecule has 0 spiro atoms. The van der Waals surface area contributed by atoms with E-state index >= 15 is 0 Å². The summed E-state index contributed by atoms with van der Waals surface area (Å²) >= 11 is 2.49. The Morgan fingerprint density at radius 2 is 1.76 bits per heavy atom. The van der Waals surface area contributed by atoms with Gasteiger partial charge in [-0.05, 0) is 66.8 Å². The normalized spacial score (nSPS) is 12.2. The molecule has 0 atom stereocenters. The standard InChI is InChI=1S/C23H20F6O3S2/c1-2-4-21(30)32-31-19-9-8-16(13-18(19)23(27,28)29)33-10-3-5-17-11-14-6-7-15(22(24,25)26)12-20(14)34-17/h6-9,11-13H,2-5,10H2,1H3. The van der Waals surface area contributed by atoms with Crippen molar-refractivity contribution in [3.05, 3.63) is 58.5 Å². The van der Waals surface area contributed by atoms with E-state index in [-0.39, 0.29) is 6.42 Å². The Labute approximate surface area is 200 Å². The minimum atomic E-state index is -4.70. The van der Waals surface area contributed by atoms with E-state index in [1.165, 1.54) is 35.2 Å². The third-order valence-corrected chi connectivity index (χ3v) is 6.91. The summed E-state index contributed by atoms with van der Waals surface area (Å²) in [7, 11) is 0. The highest BCUT2D eigenvalue weighted by Gasteiger charge is 2.35. The van der Waals surface area contributed by atoms with Crippen LogP contribution in [0.4, 0.5) is 26.3 Å². The number of fused-ring (bicyclic) bond motifs is 1. The van der Waals surface area contributed by atoms with E-state index in [0.717, 1.165) is 34.5 Å². The van der Waals surface area contributed by atoms with E-state index < -0.39 is 35.2 Å². The van der Waals surface area contributed by atoms with Crippen molar-refractivity contribution < 1.29 is 40.9 Å². The van der Waals surface area contributed by atoms with Crippen LogP contribution in [0.2, 0.25) is 0 Å². The van der Waals surface area contributed by atoms with E-state index in [1.807, 2.05) is 6.07 Å². The highest BCUT2D eigenvalue weighted by atomic mass is 32.2. The van der Waals surface area contributed by atoms with Gasteiger partial charge in [-0.3, -0.25) is 9.78 Å². The Hall–Kier alpha value is -2.40. The number of thioether (sulfide) groups is 1. The van der Waals surface area contributed by atoms with Crippen molar-refractivity contribution in [3.63, 3.8) is 0 Å². The highest BCUT2D eigenvalue weighted by molar-refractivity contribution is 7.99. The molecule has 0 aliphatic carbocycles. The summed E-state index contributed by atoms with van der Waals surface area (Å²) in [6.07, 6.45) is -7.39. The number of rotatable bonds is 9. The van der Waals surface area contributed by atoms with Crippen molar-refractivity contribution in [1.29, 1.82) is 0 Å². The smallest absolute Gasteiger partial charge is 0.286 e. The van der Waals surface area contributed by atoms with Gasteiger partial charge in [-0.15, -0.1) is 23.1 Å². The second-order valence-corrected chi connectivity index (χ2v) is 9.70. The second-order valence-electron chi connectivity index (χ2n) is 7.36. The Kier molecular flexibility index (Phi) is 8.40. The Bertz CT molecular complexity index is 1140. The number of benzene rings is 2. The zero-order chi connectivity index (χ0) is 24.9. The van der Waals surface area contributed by atoms with Gasteiger partial charge in [0.25, 0.3) is 0 Å². The molecule has 34 heavy (non-hydrogen) atoms. The van der Waals surface area contributed by atoms with Crippen LogP contribution < -0.4 is 4.89 Å². The molecule has 184 valence electrons. The molecule has 11 heteroatoms. The van der Waals surface area contributed by atoms with Gasteiger partial charge in [0.15, 0.2) is 5.75 Å². The molecule has 0 aliphatic rings. The number of halogens is 6. The monoisotopic (exact) mass is 522 g/mol. The molecule has 1 heterocycles. The molecule has 0 saturated heterocycles. The zero-order valence-corrected chi connectivity index (χ0v) is 19.5. The fraction of sp³-hybridized carbons (Fsp3) is 0.348. The fourth-order valence-corrected chi connectivity index (χ4v) is 5.09. The van der Waals surface area contributed by atoms with Crippen LogP contribution in [0.15, 0.2) is 47.4 Å². The van der Waals surface area contributed by atoms with Crippen molar-refractivity contribution >= 4 is 39.2 Å². The molecule has 0 N–H and O–H groups in total. The predicted octanol–water partition coefficient (Wildman–Crippen LogP) is 8.30. The van der Waals surface area contributed by atoms with Crippen LogP contribution in [0.25, 0.3) is 10.1 Å². The van der Waals surface area contributed by atoms with Crippen molar-refractivity contribution in [3.8, 4) is 5.75 Å². The van der Waals surface area contributed by atoms with Crippen LogP contribution in [0, 0.1) is 0 Å². The summed E-state index contributed by atoms with van der Waals surface area (Å²) in [6, 6.07) is 8.93. The minimum Gasteiger partial charge on any atom is -0.286 e. The van der Waals surface area contributed by atoms with E-state index in [9.17, 15) is 31.1 Å². The first-order valence-electron chi connectivity index (χ1n) is 10.3. The van der Waals surface area contributed by atoms with Gasteiger partial charge in [-0.2, -0.15) is 26.3 Å². The van der Waals surface area contributed by atoms with Gasteiger partial charge in [0.05, 0.1) is 5.56 Å². The van der Waals surface area contributed by atoms with Crippen LogP contribution in [-0.2, 0) is 28.5 Å². The van der Waals surface area contributed by atoms with Gasteiger partial charge in [0.2, 0.25) is 0 Å². The Morgan fingerprint density at radius 1 is 1.00 bits per heavy atom. The number of hydrogen-bond acceptors (Lipinski definition) is 5. The second kappa shape index (κ2) is 10.9. The molecule has 1 aromatic heterocycles. The number of carbonyl (C=O) groups is 1. The van der Waals surface area contributed by atoms with Crippen LogP contribution in [-0.4, -0.2) is 11.7 Å². The van der Waals surface area contributed by atoms with Crippen LogP contribution >= 0.6 is 23.1 Å². The van der Waals surface area contributed by atoms with Gasteiger partial charge in [-0.1, -0.05) is 13.0 Å². The number of thiophene rings is 1. The molecule has 0 bridgehead atoms. The lowest BCUT2D eigenvalue weighted by atomic mass is 10.1. The molecule has 3 rings (SSSR count). The first-order valence-corrected chi connectivity index (χ1v) is 12.1. The number of alkyl halides is 6. The lowest BCUT2D eigenvalue weighted by Gasteiger charge is -2.13. The molecule has 0 radical (unpaired) electrons. The number of hydrogen-bond donors (Lipinski definition) is 0. The van der Waals surface area contributed by atoms with Gasteiger partial charge in [-0.25, -0.2) is 4.79 Å². The summed E-state index contributed by atoms with van der Waals surface area (Å²) in [5.74, 6) is -0.847. The molecule has 0 amide bonds. The van der Waals surface area contributed by atoms with Gasteiger partial charge in [0.1, 0.15) is 5.56 Å². The average Bonchev–Trinajstić information content (AvgIpc) is 3.16. The van der Waals surface area contributed by atoms with Crippen molar-refractivity contribution in [1.82, 2.24) is 0 Å².